The highest BCUT2D eigenvalue weighted by atomic mass is 16.6. The summed E-state index contributed by atoms with van der Waals surface area (Å²) in [4.78, 5) is 0. The Labute approximate surface area is 143 Å². The van der Waals surface area contributed by atoms with Crippen LogP contribution in [0.5, 0.6) is 0 Å². The van der Waals surface area contributed by atoms with E-state index in [-0.39, 0.29) is 26.4 Å². The minimum atomic E-state index is -1.10. The van der Waals surface area contributed by atoms with Gasteiger partial charge in [0, 0.05) is 0 Å². The van der Waals surface area contributed by atoms with Crippen molar-refractivity contribution in [2.45, 2.75) is 36.6 Å². The van der Waals surface area contributed by atoms with Gasteiger partial charge in [0.05, 0.1) is 26.4 Å². The second-order valence-electron chi connectivity index (χ2n) is 5.33. The first kappa shape index (κ1) is 20.8. The second-order valence-corrected chi connectivity index (χ2v) is 5.33. The lowest BCUT2D eigenvalue weighted by molar-refractivity contribution is -0.258. The third-order valence-electron chi connectivity index (χ3n) is 3.62. The summed E-state index contributed by atoms with van der Waals surface area (Å²) in [5.74, 6) is 0. The van der Waals surface area contributed by atoms with Crippen LogP contribution in [0.4, 0.5) is 0 Å². The summed E-state index contributed by atoms with van der Waals surface area (Å²) in [5, 5.41) is 21.2. The molecule has 0 aromatic rings. The van der Waals surface area contributed by atoms with Crippen molar-refractivity contribution in [2.24, 2.45) is 0 Å². The largest absolute Gasteiger partial charge is 0.387 e. The van der Waals surface area contributed by atoms with E-state index < -0.39 is 36.6 Å². The topological polar surface area (TPSA) is 77.4 Å². The highest BCUT2D eigenvalue weighted by Gasteiger charge is 2.52. The molecule has 0 aromatic carbocycles. The van der Waals surface area contributed by atoms with Crippen molar-refractivity contribution in [3.8, 4) is 0 Å². The molecule has 0 amide bonds. The Morgan fingerprint density at radius 2 is 0.833 bits per heavy atom. The predicted octanol–water partition coefficient (Wildman–Crippen LogP) is 1.01. The Morgan fingerprint density at radius 3 is 1.17 bits per heavy atom. The van der Waals surface area contributed by atoms with Gasteiger partial charge in [0.15, 0.2) is 0 Å². The lowest BCUT2D eigenvalue weighted by Gasteiger charge is -2.46. The first-order chi connectivity index (χ1) is 11.6. The molecule has 0 radical (unpaired) electrons. The van der Waals surface area contributed by atoms with E-state index in [4.69, 9.17) is 18.9 Å². The smallest absolute Gasteiger partial charge is 0.115 e. The molecule has 2 N–H and O–H groups in total. The summed E-state index contributed by atoms with van der Waals surface area (Å²) in [6.07, 6.45) is 0.965. The molecule has 1 fully saturated rings. The third-order valence-corrected chi connectivity index (χ3v) is 3.62. The quantitative estimate of drug-likeness (QED) is 0.516. The van der Waals surface area contributed by atoms with E-state index in [9.17, 15) is 10.2 Å². The van der Waals surface area contributed by atoms with Crippen LogP contribution in [0, 0.1) is 0 Å². The van der Waals surface area contributed by atoms with Gasteiger partial charge in [-0.3, -0.25) is 0 Å². The number of aliphatic hydroxyl groups is 2. The Hall–Kier alpha value is -1.28. The van der Waals surface area contributed by atoms with E-state index in [0.29, 0.717) is 0 Å². The molecule has 1 aliphatic carbocycles. The monoisotopic (exact) mass is 340 g/mol. The number of hydrogen-bond acceptors (Lipinski definition) is 6. The van der Waals surface area contributed by atoms with E-state index in [1.54, 1.807) is 24.3 Å². The lowest BCUT2D eigenvalue weighted by Crippen LogP contribution is -2.66. The van der Waals surface area contributed by atoms with Gasteiger partial charge in [0.25, 0.3) is 0 Å². The van der Waals surface area contributed by atoms with E-state index >= 15 is 0 Å². The molecule has 0 heterocycles. The SMILES string of the molecule is C=CCOC1[C@@H](OCC=C)[C@H](O)C(OCC=C)[C@H](O)[C@@H]1OCC=C. The molecule has 0 saturated heterocycles. The Kier molecular flexibility index (Phi) is 9.78. The average Bonchev–Trinajstić information content (AvgIpc) is 2.58. The Morgan fingerprint density at radius 1 is 0.542 bits per heavy atom. The molecule has 0 aliphatic heterocycles. The molecule has 0 spiro atoms. The summed E-state index contributed by atoms with van der Waals surface area (Å²) in [6.45, 7) is 15.2. The first-order valence-electron chi connectivity index (χ1n) is 7.88. The van der Waals surface area contributed by atoms with Gasteiger partial charge in [0.2, 0.25) is 0 Å². The van der Waals surface area contributed by atoms with Gasteiger partial charge in [-0.05, 0) is 0 Å². The zero-order valence-corrected chi connectivity index (χ0v) is 14.0. The number of aliphatic hydroxyl groups excluding tert-OH is 2. The fraction of sp³-hybridized carbons (Fsp3) is 0.556. The average molecular weight is 340 g/mol. The first-order valence-corrected chi connectivity index (χ1v) is 7.88. The highest BCUT2D eigenvalue weighted by molar-refractivity contribution is 5.03. The van der Waals surface area contributed by atoms with Crippen molar-refractivity contribution in [3.05, 3.63) is 50.6 Å². The van der Waals surface area contributed by atoms with Gasteiger partial charge in [-0.2, -0.15) is 0 Å². The number of ether oxygens (including phenoxy) is 4. The maximum absolute atomic E-state index is 10.6. The molecule has 0 bridgehead atoms. The molecule has 24 heavy (non-hydrogen) atoms. The molecule has 0 aromatic heterocycles. The van der Waals surface area contributed by atoms with Gasteiger partial charge in [0.1, 0.15) is 36.6 Å². The van der Waals surface area contributed by atoms with Gasteiger partial charge in [-0.15, -0.1) is 26.3 Å². The molecule has 1 saturated carbocycles. The van der Waals surface area contributed by atoms with Crippen LogP contribution in [0.3, 0.4) is 0 Å². The van der Waals surface area contributed by atoms with Crippen molar-refractivity contribution < 1.29 is 29.2 Å². The van der Waals surface area contributed by atoms with Gasteiger partial charge in [-0.1, -0.05) is 24.3 Å². The fourth-order valence-corrected chi connectivity index (χ4v) is 2.64. The van der Waals surface area contributed by atoms with Crippen molar-refractivity contribution in [1.29, 1.82) is 0 Å². The summed E-state index contributed by atoms with van der Waals surface area (Å²) >= 11 is 0. The van der Waals surface area contributed by atoms with Crippen molar-refractivity contribution in [3.63, 3.8) is 0 Å². The standard InChI is InChI=1S/C18H28O6/c1-5-9-21-15-13(19)16(22-10-6-2)18(24-12-8-4)17(14(15)20)23-11-7-3/h5-8,13-20H,1-4,9-12H2/t13-,14+,15?,16-,17-,18?/m0/s1. The van der Waals surface area contributed by atoms with E-state index in [0.717, 1.165) is 0 Å². The molecule has 6 heteroatoms. The zero-order valence-electron chi connectivity index (χ0n) is 14.0. The molecule has 136 valence electrons. The van der Waals surface area contributed by atoms with Crippen LogP contribution in [-0.2, 0) is 18.9 Å². The van der Waals surface area contributed by atoms with Crippen molar-refractivity contribution in [2.75, 3.05) is 26.4 Å². The van der Waals surface area contributed by atoms with Crippen molar-refractivity contribution >= 4 is 0 Å². The molecular weight excluding hydrogens is 312 g/mol. The maximum Gasteiger partial charge on any atom is 0.115 e. The van der Waals surface area contributed by atoms with Crippen LogP contribution in [0.15, 0.2) is 50.6 Å². The van der Waals surface area contributed by atoms with Crippen LogP contribution < -0.4 is 0 Å². The molecular formula is C18H28O6. The summed E-state index contributed by atoms with van der Waals surface area (Å²) in [5.41, 5.74) is 0. The van der Waals surface area contributed by atoms with Crippen molar-refractivity contribution in [1.82, 2.24) is 0 Å². The minimum absolute atomic E-state index is 0.180. The molecule has 6 nitrogen and oxygen atoms in total. The summed E-state index contributed by atoms with van der Waals surface area (Å²) < 4.78 is 22.6. The molecule has 1 aliphatic rings. The Balaban J connectivity index is 3.05. The summed E-state index contributed by atoms with van der Waals surface area (Å²) in [6, 6.07) is 0. The predicted molar refractivity (Wildman–Crippen MR) is 91.8 cm³/mol. The van der Waals surface area contributed by atoms with Gasteiger partial charge < -0.3 is 29.2 Å². The fourth-order valence-electron chi connectivity index (χ4n) is 2.64. The Bertz CT molecular complexity index is 384. The van der Waals surface area contributed by atoms with Crippen LogP contribution in [0.1, 0.15) is 0 Å². The van der Waals surface area contributed by atoms with E-state index in [1.807, 2.05) is 0 Å². The van der Waals surface area contributed by atoms with Crippen LogP contribution in [-0.4, -0.2) is 73.3 Å². The normalized spacial score (nSPS) is 32.9. The third kappa shape index (κ3) is 5.37. The maximum atomic E-state index is 10.6. The highest BCUT2D eigenvalue weighted by Crippen LogP contribution is 2.30. The lowest BCUT2D eigenvalue weighted by atomic mass is 9.84. The molecule has 2 unspecified atom stereocenters. The molecule has 6 atom stereocenters. The minimum Gasteiger partial charge on any atom is -0.387 e. The summed E-state index contributed by atoms with van der Waals surface area (Å²) in [7, 11) is 0. The second kappa shape index (κ2) is 11.3. The van der Waals surface area contributed by atoms with Crippen LogP contribution in [0.2, 0.25) is 0 Å². The zero-order chi connectivity index (χ0) is 17.9. The van der Waals surface area contributed by atoms with E-state index in [1.165, 1.54) is 0 Å². The molecule has 1 rings (SSSR count). The van der Waals surface area contributed by atoms with Gasteiger partial charge >= 0.3 is 0 Å². The van der Waals surface area contributed by atoms with Gasteiger partial charge in [-0.25, -0.2) is 0 Å². The van der Waals surface area contributed by atoms with Crippen LogP contribution in [0.25, 0.3) is 0 Å². The number of hydrogen-bond donors (Lipinski definition) is 2. The van der Waals surface area contributed by atoms with Crippen LogP contribution >= 0.6 is 0 Å². The number of rotatable bonds is 12. The van der Waals surface area contributed by atoms with E-state index in [2.05, 4.69) is 26.3 Å².